The zero-order valence-electron chi connectivity index (χ0n) is 15.2. The molecule has 0 saturated heterocycles. The summed E-state index contributed by atoms with van der Waals surface area (Å²) in [6.45, 7) is 4.50. The topological polar surface area (TPSA) is 89.5 Å². The fraction of sp³-hybridized carbons (Fsp3) is 0.300. The van der Waals surface area contributed by atoms with E-state index in [2.05, 4.69) is 4.72 Å². The van der Waals surface area contributed by atoms with Crippen LogP contribution in [0.3, 0.4) is 0 Å². The lowest BCUT2D eigenvalue weighted by Crippen LogP contribution is -2.27. The van der Waals surface area contributed by atoms with Crippen LogP contribution in [0.5, 0.6) is 0 Å². The molecule has 1 aliphatic rings. The number of hydrogen-bond donors (Lipinski definition) is 1. The number of carbonyl (C=O) groups excluding carboxylic acids is 2. The minimum atomic E-state index is -3.78. The Kier molecular flexibility index (Phi) is 5.55. The number of nitrogens with one attached hydrogen (secondary N) is 1. The summed E-state index contributed by atoms with van der Waals surface area (Å²) in [5.74, 6) is -0.620. The number of ketones is 2. The molecule has 6 nitrogen and oxygen atoms in total. The van der Waals surface area contributed by atoms with Crippen molar-refractivity contribution in [2.45, 2.75) is 31.3 Å². The van der Waals surface area contributed by atoms with Crippen molar-refractivity contribution in [3.63, 3.8) is 0 Å². The maximum Gasteiger partial charge on any atom is 0.240 e. The SMILES string of the molecule is CC(C)OCCCNS(=O)(=O)c1ccc2c(c1)C(=O)c1ccccc1C2=O. The Morgan fingerprint density at radius 1 is 0.926 bits per heavy atom. The zero-order chi connectivity index (χ0) is 19.6. The van der Waals surface area contributed by atoms with E-state index in [9.17, 15) is 18.0 Å². The van der Waals surface area contributed by atoms with Gasteiger partial charge in [-0.05, 0) is 38.5 Å². The third kappa shape index (κ3) is 4.00. The van der Waals surface area contributed by atoms with E-state index in [1.807, 2.05) is 13.8 Å². The Hall–Kier alpha value is -2.35. The fourth-order valence-electron chi connectivity index (χ4n) is 2.93. The summed E-state index contributed by atoms with van der Waals surface area (Å²) in [4.78, 5) is 25.3. The molecular weight excluding hydrogens is 366 g/mol. The molecule has 0 bridgehead atoms. The molecule has 0 atom stereocenters. The molecule has 2 aromatic carbocycles. The van der Waals surface area contributed by atoms with Crippen molar-refractivity contribution in [2.75, 3.05) is 13.2 Å². The van der Waals surface area contributed by atoms with Gasteiger partial charge in [-0.2, -0.15) is 0 Å². The first-order valence-electron chi connectivity index (χ1n) is 8.75. The van der Waals surface area contributed by atoms with E-state index in [1.54, 1.807) is 24.3 Å². The van der Waals surface area contributed by atoms with Gasteiger partial charge < -0.3 is 4.74 Å². The molecule has 0 aliphatic heterocycles. The predicted molar refractivity (Wildman–Crippen MR) is 101 cm³/mol. The normalized spacial score (nSPS) is 13.6. The van der Waals surface area contributed by atoms with Gasteiger partial charge in [0.15, 0.2) is 11.6 Å². The van der Waals surface area contributed by atoms with E-state index in [-0.39, 0.29) is 40.2 Å². The number of fused-ring (bicyclic) bond motifs is 2. The van der Waals surface area contributed by atoms with Crippen LogP contribution in [-0.4, -0.2) is 39.2 Å². The lowest BCUT2D eigenvalue weighted by atomic mass is 9.84. The maximum absolute atomic E-state index is 12.7. The summed E-state index contributed by atoms with van der Waals surface area (Å²) in [6, 6.07) is 10.6. The van der Waals surface area contributed by atoms with Crippen molar-refractivity contribution in [1.82, 2.24) is 4.72 Å². The van der Waals surface area contributed by atoms with E-state index in [1.165, 1.54) is 18.2 Å². The van der Waals surface area contributed by atoms with Gasteiger partial charge in [0.25, 0.3) is 0 Å². The third-order valence-corrected chi connectivity index (χ3v) is 5.73. The molecular formula is C20H21NO5S. The van der Waals surface area contributed by atoms with Crippen molar-refractivity contribution < 1.29 is 22.7 Å². The highest BCUT2D eigenvalue weighted by molar-refractivity contribution is 7.89. The van der Waals surface area contributed by atoms with E-state index in [0.717, 1.165) is 0 Å². The average molecular weight is 387 g/mol. The molecule has 0 amide bonds. The summed E-state index contributed by atoms with van der Waals surface area (Å²) in [7, 11) is -3.78. The van der Waals surface area contributed by atoms with Crippen molar-refractivity contribution in [1.29, 1.82) is 0 Å². The Morgan fingerprint density at radius 2 is 1.52 bits per heavy atom. The van der Waals surface area contributed by atoms with Gasteiger partial charge in [0, 0.05) is 35.4 Å². The molecule has 0 aromatic heterocycles. The molecule has 0 heterocycles. The Labute approximate surface area is 158 Å². The lowest BCUT2D eigenvalue weighted by Gasteiger charge is -2.18. The molecule has 1 N–H and O–H groups in total. The molecule has 7 heteroatoms. The first-order valence-corrected chi connectivity index (χ1v) is 10.2. The molecule has 142 valence electrons. The maximum atomic E-state index is 12.7. The van der Waals surface area contributed by atoms with Crippen LogP contribution >= 0.6 is 0 Å². The van der Waals surface area contributed by atoms with Crippen molar-refractivity contribution in [2.24, 2.45) is 0 Å². The number of ether oxygens (including phenoxy) is 1. The molecule has 2 aromatic rings. The van der Waals surface area contributed by atoms with Gasteiger partial charge in [0.1, 0.15) is 0 Å². The van der Waals surface area contributed by atoms with Crippen LogP contribution in [0.1, 0.15) is 52.1 Å². The molecule has 0 saturated carbocycles. The first kappa shape index (κ1) is 19.4. The average Bonchev–Trinajstić information content (AvgIpc) is 2.65. The van der Waals surface area contributed by atoms with E-state index < -0.39 is 10.0 Å². The van der Waals surface area contributed by atoms with Crippen LogP contribution < -0.4 is 4.72 Å². The van der Waals surface area contributed by atoms with Crippen molar-refractivity contribution in [3.05, 3.63) is 64.7 Å². The highest BCUT2D eigenvalue weighted by atomic mass is 32.2. The van der Waals surface area contributed by atoms with Gasteiger partial charge >= 0.3 is 0 Å². The number of benzene rings is 2. The largest absolute Gasteiger partial charge is 0.379 e. The van der Waals surface area contributed by atoms with Gasteiger partial charge in [0.2, 0.25) is 10.0 Å². The highest BCUT2D eigenvalue weighted by Gasteiger charge is 2.30. The lowest BCUT2D eigenvalue weighted by molar-refractivity contribution is 0.0778. The number of sulfonamides is 1. The van der Waals surface area contributed by atoms with E-state index in [0.29, 0.717) is 24.2 Å². The summed E-state index contributed by atoms with van der Waals surface area (Å²) in [6.07, 6.45) is 0.626. The molecule has 0 unspecified atom stereocenters. The van der Waals surface area contributed by atoms with Gasteiger partial charge in [-0.25, -0.2) is 13.1 Å². The second-order valence-electron chi connectivity index (χ2n) is 6.58. The predicted octanol–water partition coefficient (Wildman–Crippen LogP) is 2.56. The van der Waals surface area contributed by atoms with Gasteiger partial charge in [-0.3, -0.25) is 9.59 Å². The molecule has 3 rings (SSSR count). The van der Waals surface area contributed by atoms with E-state index in [4.69, 9.17) is 4.74 Å². The van der Waals surface area contributed by atoms with Crippen LogP contribution in [0.2, 0.25) is 0 Å². The molecule has 0 radical (unpaired) electrons. The molecule has 0 fully saturated rings. The summed E-state index contributed by atoms with van der Waals surface area (Å²) >= 11 is 0. The number of hydrogen-bond acceptors (Lipinski definition) is 5. The first-order chi connectivity index (χ1) is 12.8. The van der Waals surface area contributed by atoms with Crippen LogP contribution in [0.25, 0.3) is 0 Å². The van der Waals surface area contributed by atoms with Gasteiger partial charge in [-0.15, -0.1) is 0 Å². The van der Waals surface area contributed by atoms with Crippen molar-refractivity contribution >= 4 is 21.6 Å². The highest BCUT2D eigenvalue weighted by Crippen LogP contribution is 2.28. The molecule has 27 heavy (non-hydrogen) atoms. The third-order valence-electron chi connectivity index (χ3n) is 4.27. The Balaban J connectivity index is 1.81. The zero-order valence-corrected chi connectivity index (χ0v) is 16.0. The fourth-order valence-corrected chi connectivity index (χ4v) is 4.03. The second kappa shape index (κ2) is 7.72. The summed E-state index contributed by atoms with van der Waals surface area (Å²) in [5.41, 5.74) is 0.977. The number of rotatable bonds is 7. The van der Waals surface area contributed by atoms with Crippen LogP contribution in [0.4, 0.5) is 0 Å². The Bertz CT molecular complexity index is 995. The smallest absolute Gasteiger partial charge is 0.240 e. The van der Waals surface area contributed by atoms with Gasteiger partial charge in [-0.1, -0.05) is 24.3 Å². The van der Waals surface area contributed by atoms with Crippen molar-refractivity contribution in [3.8, 4) is 0 Å². The Morgan fingerprint density at radius 3 is 2.15 bits per heavy atom. The summed E-state index contributed by atoms with van der Waals surface area (Å²) in [5, 5.41) is 0. The minimum Gasteiger partial charge on any atom is -0.379 e. The second-order valence-corrected chi connectivity index (χ2v) is 8.35. The van der Waals surface area contributed by atoms with Gasteiger partial charge in [0.05, 0.1) is 11.0 Å². The van der Waals surface area contributed by atoms with E-state index >= 15 is 0 Å². The summed E-state index contributed by atoms with van der Waals surface area (Å²) < 4.78 is 32.9. The minimum absolute atomic E-state index is 0.0356. The van der Waals surface area contributed by atoms with Crippen LogP contribution in [0.15, 0.2) is 47.4 Å². The monoisotopic (exact) mass is 387 g/mol. The van der Waals surface area contributed by atoms with Crippen LogP contribution in [-0.2, 0) is 14.8 Å². The van der Waals surface area contributed by atoms with Crippen LogP contribution in [0, 0.1) is 0 Å². The standard InChI is InChI=1S/C20H21NO5S/c1-13(2)26-11-5-10-21-27(24,25)14-8-9-17-18(12-14)20(23)16-7-4-3-6-15(16)19(17)22/h3-4,6-9,12-13,21H,5,10-11H2,1-2H3. The number of carbonyl (C=O) groups is 2. The quantitative estimate of drug-likeness (QED) is 0.629. The molecule has 1 aliphatic carbocycles. The molecule has 0 spiro atoms.